The van der Waals surface area contributed by atoms with Crippen LogP contribution < -0.4 is 11.1 Å². The standard InChI is InChI=1S/C17H26N4OS2/c1-12(18)24-11-15(7-8-16(22)21-2)14-5-3-13(4-6-14)9-10-23-17(19)20/h3-6,15,18H,7-11H2,1-2H3,(H3,19,20)(H,21,22)/t15-/m0/s1. The predicted molar refractivity (Wildman–Crippen MR) is 106 cm³/mol. The molecule has 0 aliphatic carbocycles. The molecule has 0 aliphatic rings. The fourth-order valence-electron chi connectivity index (χ4n) is 2.24. The Hall–Kier alpha value is -1.47. The van der Waals surface area contributed by atoms with Crippen LogP contribution in [0, 0.1) is 10.8 Å². The molecule has 1 atom stereocenters. The van der Waals surface area contributed by atoms with Gasteiger partial charge in [0, 0.05) is 25.0 Å². The van der Waals surface area contributed by atoms with E-state index in [1.807, 2.05) is 0 Å². The van der Waals surface area contributed by atoms with Gasteiger partial charge in [-0.3, -0.25) is 15.6 Å². The maximum absolute atomic E-state index is 11.5. The van der Waals surface area contributed by atoms with Crippen molar-refractivity contribution in [1.82, 2.24) is 5.32 Å². The number of hydrogen-bond donors (Lipinski definition) is 4. The lowest BCUT2D eigenvalue weighted by molar-refractivity contribution is -0.120. The second kappa shape index (κ2) is 11.1. The normalized spacial score (nSPS) is 11.8. The topological polar surface area (TPSA) is 103 Å². The summed E-state index contributed by atoms with van der Waals surface area (Å²) in [6.45, 7) is 1.79. The molecule has 0 heterocycles. The van der Waals surface area contributed by atoms with Crippen molar-refractivity contribution in [3.8, 4) is 0 Å². The number of amides is 1. The van der Waals surface area contributed by atoms with Gasteiger partial charge in [0.25, 0.3) is 0 Å². The van der Waals surface area contributed by atoms with Gasteiger partial charge < -0.3 is 11.1 Å². The molecule has 1 aromatic carbocycles. The molecular formula is C17H26N4OS2. The molecule has 0 saturated heterocycles. The molecule has 1 amide bonds. The van der Waals surface area contributed by atoms with Crippen LogP contribution in [-0.2, 0) is 11.2 Å². The number of hydrogen-bond acceptors (Lipinski definition) is 5. The first-order valence-corrected chi connectivity index (χ1v) is 9.83. The highest BCUT2D eigenvalue weighted by Gasteiger charge is 2.14. The summed E-state index contributed by atoms with van der Waals surface area (Å²) in [5, 5.41) is 18.2. The highest BCUT2D eigenvalue weighted by molar-refractivity contribution is 8.13. The zero-order chi connectivity index (χ0) is 17.9. The van der Waals surface area contributed by atoms with Crippen LogP contribution in [-0.4, -0.2) is 34.7 Å². The van der Waals surface area contributed by atoms with Crippen LogP contribution in [0.5, 0.6) is 0 Å². The van der Waals surface area contributed by atoms with Gasteiger partial charge in [0.15, 0.2) is 5.17 Å². The van der Waals surface area contributed by atoms with E-state index in [-0.39, 0.29) is 17.0 Å². The molecule has 0 unspecified atom stereocenters. The van der Waals surface area contributed by atoms with Crippen LogP contribution in [0.3, 0.4) is 0 Å². The van der Waals surface area contributed by atoms with Gasteiger partial charge in [0.1, 0.15) is 0 Å². The van der Waals surface area contributed by atoms with E-state index in [4.69, 9.17) is 16.6 Å². The highest BCUT2D eigenvalue weighted by atomic mass is 32.2. The Morgan fingerprint density at radius 3 is 2.46 bits per heavy atom. The predicted octanol–water partition coefficient (Wildman–Crippen LogP) is 3.20. The van der Waals surface area contributed by atoms with Gasteiger partial charge in [-0.1, -0.05) is 36.0 Å². The van der Waals surface area contributed by atoms with Crippen LogP contribution >= 0.6 is 23.5 Å². The highest BCUT2D eigenvalue weighted by Crippen LogP contribution is 2.26. The molecular weight excluding hydrogens is 340 g/mol. The molecule has 1 aromatic rings. The van der Waals surface area contributed by atoms with Crippen LogP contribution in [0.25, 0.3) is 0 Å². The summed E-state index contributed by atoms with van der Waals surface area (Å²) in [5.41, 5.74) is 7.76. The van der Waals surface area contributed by atoms with Gasteiger partial charge in [0.05, 0.1) is 5.04 Å². The smallest absolute Gasteiger partial charge is 0.219 e. The van der Waals surface area contributed by atoms with E-state index in [0.29, 0.717) is 11.5 Å². The number of aryl methyl sites for hydroxylation is 1. The van der Waals surface area contributed by atoms with E-state index < -0.39 is 0 Å². The Balaban J connectivity index is 2.67. The Morgan fingerprint density at radius 1 is 1.25 bits per heavy atom. The number of amidine groups is 1. The van der Waals surface area contributed by atoms with E-state index in [9.17, 15) is 4.79 Å². The first kappa shape index (κ1) is 20.6. The van der Waals surface area contributed by atoms with Crippen LogP contribution in [0.2, 0.25) is 0 Å². The molecule has 132 valence electrons. The Labute approximate surface area is 152 Å². The summed E-state index contributed by atoms with van der Waals surface area (Å²) in [4.78, 5) is 11.5. The molecule has 5 N–H and O–H groups in total. The van der Waals surface area contributed by atoms with Gasteiger partial charge in [-0.15, -0.1) is 11.8 Å². The molecule has 0 saturated carbocycles. The molecule has 0 aromatic heterocycles. The summed E-state index contributed by atoms with van der Waals surface area (Å²) in [5.74, 6) is 1.92. The van der Waals surface area contributed by atoms with Crippen LogP contribution in [0.1, 0.15) is 36.8 Å². The van der Waals surface area contributed by atoms with Gasteiger partial charge in [-0.25, -0.2) is 0 Å². The van der Waals surface area contributed by atoms with E-state index in [0.717, 1.165) is 24.3 Å². The fraction of sp³-hybridized carbons (Fsp3) is 0.471. The summed E-state index contributed by atoms with van der Waals surface area (Å²) < 4.78 is 0. The van der Waals surface area contributed by atoms with Crippen LogP contribution in [0.15, 0.2) is 24.3 Å². The summed E-state index contributed by atoms with van der Waals surface area (Å²) in [6.07, 6.45) is 2.15. The lowest BCUT2D eigenvalue weighted by Gasteiger charge is -2.17. The molecule has 0 spiro atoms. The third kappa shape index (κ3) is 8.40. The zero-order valence-electron chi connectivity index (χ0n) is 14.2. The number of thioether (sulfide) groups is 2. The first-order chi connectivity index (χ1) is 11.4. The third-order valence-corrected chi connectivity index (χ3v) is 5.32. The molecule has 0 bridgehead atoms. The average Bonchev–Trinajstić information content (AvgIpc) is 2.55. The van der Waals surface area contributed by atoms with E-state index >= 15 is 0 Å². The van der Waals surface area contributed by atoms with Crippen molar-refractivity contribution in [2.75, 3.05) is 18.6 Å². The van der Waals surface area contributed by atoms with Gasteiger partial charge >= 0.3 is 0 Å². The third-order valence-electron chi connectivity index (χ3n) is 3.60. The number of nitrogens with two attached hydrogens (primary N) is 1. The minimum Gasteiger partial charge on any atom is -0.379 e. The van der Waals surface area contributed by atoms with E-state index in [1.54, 1.807) is 14.0 Å². The molecule has 7 heteroatoms. The van der Waals surface area contributed by atoms with Gasteiger partial charge in [0.2, 0.25) is 5.91 Å². The maximum atomic E-state index is 11.5. The van der Waals surface area contributed by atoms with Crippen molar-refractivity contribution >= 4 is 39.6 Å². The van der Waals surface area contributed by atoms with Crippen molar-refractivity contribution in [2.24, 2.45) is 5.73 Å². The second-order valence-corrected chi connectivity index (χ2v) is 7.85. The van der Waals surface area contributed by atoms with Crippen molar-refractivity contribution in [1.29, 1.82) is 10.8 Å². The maximum Gasteiger partial charge on any atom is 0.219 e. The second-order valence-electron chi connectivity index (χ2n) is 5.48. The first-order valence-electron chi connectivity index (χ1n) is 7.86. The lowest BCUT2D eigenvalue weighted by atomic mass is 9.94. The molecule has 24 heavy (non-hydrogen) atoms. The number of nitrogens with one attached hydrogen (secondary N) is 3. The number of rotatable bonds is 9. The van der Waals surface area contributed by atoms with E-state index in [1.165, 1.54) is 34.7 Å². The lowest BCUT2D eigenvalue weighted by Crippen LogP contribution is -2.18. The largest absolute Gasteiger partial charge is 0.379 e. The molecule has 0 aliphatic heterocycles. The molecule has 5 nitrogen and oxygen atoms in total. The molecule has 1 rings (SSSR count). The van der Waals surface area contributed by atoms with Crippen molar-refractivity contribution < 1.29 is 4.79 Å². The van der Waals surface area contributed by atoms with Crippen molar-refractivity contribution in [3.63, 3.8) is 0 Å². The van der Waals surface area contributed by atoms with Gasteiger partial charge in [-0.05, 0) is 36.8 Å². The van der Waals surface area contributed by atoms with Crippen LogP contribution in [0.4, 0.5) is 0 Å². The SMILES string of the molecule is CNC(=O)CC[C@@H](CSC(C)=N)c1ccc(CCSC(=N)N)cc1. The zero-order valence-corrected chi connectivity index (χ0v) is 15.9. The number of carbonyl (C=O) groups is 1. The minimum absolute atomic E-state index is 0.0504. The quantitative estimate of drug-likeness (QED) is 0.398. The van der Waals surface area contributed by atoms with E-state index in [2.05, 4.69) is 29.6 Å². The minimum atomic E-state index is 0.0504. The van der Waals surface area contributed by atoms with Crippen molar-refractivity contribution in [2.45, 2.75) is 32.1 Å². The number of carbonyl (C=O) groups excluding carboxylic acids is 1. The summed E-state index contributed by atoms with van der Waals surface area (Å²) in [7, 11) is 1.65. The Kier molecular flexibility index (Phi) is 9.56. The Bertz CT molecular complexity index is 560. The summed E-state index contributed by atoms with van der Waals surface area (Å²) >= 11 is 2.88. The number of benzene rings is 1. The summed E-state index contributed by atoms with van der Waals surface area (Å²) in [6, 6.07) is 8.43. The molecule has 0 radical (unpaired) electrons. The monoisotopic (exact) mass is 366 g/mol. The van der Waals surface area contributed by atoms with Crippen molar-refractivity contribution in [3.05, 3.63) is 35.4 Å². The Morgan fingerprint density at radius 2 is 1.92 bits per heavy atom. The average molecular weight is 367 g/mol. The van der Waals surface area contributed by atoms with Gasteiger partial charge in [-0.2, -0.15) is 0 Å². The fourth-order valence-corrected chi connectivity index (χ4v) is 3.61. The molecule has 0 fully saturated rings.